The van der Waals surface area contributed by atoms with Gasteiger partial charge in [-0.05, 0) is 60.0 Å². The lowest BCUT2D eigenvalue weighted by Gasteiger charge is -2.03. The van der Waals surface area contributed by atoms with Crippen molar-refractivity contribution >= 4 is 22.9 Å². The van der Waals surface area contributed by atoms with Gasteiger partial charge in [0.2, 0.25) is 5.82 Å². The van der Waals surface area contributed by atoms with Crippen LogP contribution in [0.3, 0.4) is 0 Å². The van der Waals surface area contributed by atoms with Crippen LogP contribution in [0.1, 0.15) is 9.67 Å². The van der Waals surface area contributed by atoms with Gasteiger partial charge in [0.15, 0.2) is 0 Å². The lowest BCUT2D eigenvalue weighted by Crippen LogP contribution is -2.09. The molecule has 27 heavy (non-hydrogen) atoms. The number of benzene rings is 2. The number of nitrogens with zero attached hydrogens (tertiary/aromatic N) is 2. The first kappa shape index (κ1) is 17.0. The van der Waals surface area contributed by atoms with E-state index in [-0.39, 0.29) is 5.91 Å². The molecule has 4 aromatic rings. The van der Waals surface area contributed by atoms with E-state index in [1.165, 1.54) is 11.3 Å². The Morgan fingerprint density at radius 1 is 1.04 bits per heavy atom. The number of nitrogens with one attached hydrogen (secondary N) is 1. The number of thiophene rings is 1. The molecule has 0 saturated heterocycles. The Morgan fingerprint density at radius 2 is 1.78 bits per heavy atom. The zero-order valence-corrected chi connectivity index (χ0v) is 15.2. The monoisotopic (exact) mass is 377 g/mol. The van der Waals surface area contributed by atoms with Crippen molar-refractivity contribution in [1.82, 2.24) is 10.1 Å². The Bertz CT molecular complexity index is 1040. The molecule has 2 heterocycles. The highest BCUT2D eigenvalue weighted by atomic mass is 32.1. The lowest BCUT2D eigenvalue weighted by molar-refractivity contribution is 0.103. The molecule has 7 heteroatoms. The molecule has 0 fully saturated rings. The van der Waals surface area contributed by atoms with E-state index < -0.39 is 0 Å². The zero-order valence-electron chi connectivity index (χ0n) is 14.4. The molecule has 0 aliphatic carbocycles. The topological polar surface area (TPSA) is 77.2 Å². The number of amides is 1. The van der Waals surface area contributed by atoms with Crippen molar-refractivity contribution in [2.75, 3.05) is 12.4 Å². The van der Waals surface area contributed by atoms with Crippen molar-refractivity contribution < 1.29 is 14.1 Å². The lowest BCUT2D eigenvalue weighted by atomic mass is 10.2. The van der Waals surface area contributed by atoms with E-state index >= 15 is 0 Å². The summed E-state index contributed by atoms with van der Waals surface area (Å²) in [5.41, 5.74) is 2.32. The molecule has 4 rings (SSSR count). The first-order valence-corrected chi connectivity index (χ1v) is 9.04. The SMILES string of the molecule is COc1ccc(-c2nc(-c3ccc(NC(=O)c4cccs4)cc3)no2)cc1. The zero-order chi connectivity index (χ0) is 18.6. The van der Waals surface area contributed by atoms with Gasteiger partial charge in [0.25, 0.3) is 11.8 Å². The number of anilines is 1. The van der Waals surface area contributed by atoms with E-state index in [2.05, 4.69) is 15.5 Å². The van der Waals surface area contributed by atoms with Crippen LogP contribution < -0.4 is 10.1 Å². The summed E-state index contributed by atoms with van der Waals surface area (Å²) in [6, 6.07) is 18.3. The molecule has 1 amide bonds. The van der Waals surface area contributed by atoms with Gasteiger partial charge in [0, 0.05) is 16.8 Å². The molecule has 0 aliphatic rings. The fourth-order valence-electron chi connectivity index (χ4n) is 2.49. The first-order valence-electron chi connectivity index (χ1n) is 8.16. The number of carbonyl (C=O) groups is 1. The summed E-state index contributed by atoms with van der Waals surface area (Å²) in [5, 5.41) is 8.76. The van der Waals surface area contributed by atoms with Crippen molar-refractivity contribution in [3.63, 3.8) is 0 Å². The van der Waals surface area contributed by atoms with E-state index in [4.69, 9.17) is 9.26 Å². The molecule has 0 bridgehead atoms. The number of hydrogen-bond donors (Lipinski definition) is 1. The summed E-state index contributed by atoms with van der Waals surface area (Å²) >= 11 is 1.40. The molecule has 1 N–H and O–H groups in total. The van der Waals surface area contributed by atoms with Gasteiger partial charge in [-0.2, -0.15) is 4.98 Å². The van der Waals surface area contributed by atoms with Crippen molar-refractivity contribution in [3.05, 3.63) is 70.9 Å². The third kappa shape index (κ3) is 3.73. The van der Waals surface area contributed by atoms with Crippen LogP contribution in [0.15, 0.2) is 70.6 Å². The summed E-state index contributed by atoms with van der Waals surface area (Å²) < 4.78 is 10.5. The Balaban J connectivity index is 1.49. The van der Waals surface area contributed by atoms with Crippen LogP contribution in [-0.4, -0.2) is 23.2 Å². The summed E-state index contributed by atoms with van der Waals surface area (Å²) in [6.45, 7) is 0. The molecule has 0 unspecified atom stereocenters. The van der Waals surface area contributed by atoms with Crippen LogP contribution in [0.2, 0.25) is 0 Å². The highest BCUT2D eigenvalue weighted by molar-refractivity contribution is 7.12. The van der Waals surface area contributed by atoms with Gasteiger partial charge in [-0.15, -0.1) is 11.3 Å². The van der Waals surface area contributed by atoms with Gasteiger partial charge in [0.1, 0.15) is 5.75 Å². The smallest absolute Gasteiger partial charge is 0.265 e. The first-order chi connectivity index (χ1) is 13.2. The normalized spacial score (nSPS) is 10.6. The van der Waals surface area contributed by atoms with E-state index in [1.54, 1.807) is 13.2 Å². The van der Waals surface area contributed by atoms with Gasteiger partial charge in [-0.3, -0.25) is 4.79 Å². The third-order valence-corrected chi connectivity index (χ3v) is 4.78. The number of rotatable bonds is 5. The number of methoxy groups -OCH3 is 1. The summed E-state index contributed by atoms with van der Waals surface area (Å²) in [7, 11) is 1.62. The fraction of sp³-hybridized carbons (Fsp3) is 0.0500. The maximum absolute atomic E-state index is 12.1. The molecule has 6 nitrogen and oxygen atoms in total. The molecular weight excluding hydrogens is 362 g/mol. The Kier molecular flexibility index (Phi) is 4.67. The highest BCUT2D eigenvalue weighted by Crippen LogP contribution is 2.25. The largest absolute Gasteiger partial charge is 0.497 e. The van der Waals surface area contributed by atoms with E-state index in [0.717, 1.165) is 16.9 Å². The highest BCUT2D eigenvalue weighted by Gasteiger charge is 2.12. The molecule has 2 aromatic carbocycles. The minimum atomic E-state index is -0.126. The number of aromatic nitrogens is 2. The quantitative estimate of drug-likeness (QED) is 0.544. The average Bonchev–Trinajstić information content (AvgIpc) is 3.41. The standard InChI is InChI=1S/C20H15N3O3S/c1-25-16-10-6-14(7-11-16)20-22-18(23-26-20)13-4-8-15(9-5-13)21-19(24)17-3-2-12-27-17/h2-12H,1H3,(H,21,24). The third-order valence-electron chi connectivity index (χ3n) is 3.91. The van der Waals surface area contributed by atoms with Crippen molar-refractivity contribution in [2.45, 2.75) is 0 Å². The Hall–Kier alpha value is -3.45. The minimum absolute atomic E-state index is 0.126. The minimum Gasteiger partial charge on any atom is -0.497 e. The average molecular weight is 377 g/mol. The maximum atomic E-state index is 12.1. The molecule has 0 saturated carbocycles. The second-order valence-corrected chi connectivity index (χ2v) is 6.61. The van der Waals surface area contributed by atoms with Crippen LogP contribution in [0.4, 0.5) is 5.69 Å². The van der Waals surface area contributed by atoms with E-state index in [1.807, 2.05) is 60.0 Å². The predicted octanol–water partition coefficient (Wildman–Crippen LogP) is 4.73. The summed E-state index contributed by atoms with van der Waals surface area (Å²) in [5.74, 6) is 1.55. The molecule has 0 radical (unpaired) electrons. The molecular formula is C20H15N3O3S. The second kappa shape index (κ2) is 7.43. The summed E-state index contributed by atoms with van der Waals surface area (Å²) in [6.07, 6.45) is 0. The van der Waals surface area contributed by atoms with Crippen LogP contribution in [-0.2, 0) is 0 Å². The number of hydrogen-bond acceptors (Lipinski definition) is 6. The van der Waals surface area contributed by atoms with E-state index in [0.29, 0.717) is 22.3 Å². The van der Waals surface area contributed by atoms with Crippen molar-refractivity contribution in [3.8, 4) is 28.6 Å². The molecule has 0 spiro atoms. The van der Waals surface area contributed by atoms with Crippen molar-refractivity contribution in [1.29, 1.82) is 0 Å². The fourth-order valence-corrected chi connectivity index (χ4v) is 3.11. The van der Waals surface area contributed by atoms with E-state index in [9.17, 15) is 4.79 Å². The van der Waals surface area contributed by atoms with Gasteiger partial charge in [-0.1, -0.05) is 11.2 Å². The van der Waals surface area contributed by atoms with Gasteiger partial charge < -0.3 is 14.6 Å². The Morgan fingerprint density at radius 3 is 2.44 bits per heavy atom. The molecule has 134 valence electrons. The molecule has 0 aliphatic heterocycles. The predicted molar refractivity (Wildman–Crippen MR) is 104 cm³/mol. The van der Waals surface area contributed by atoms with Crippen LogP contribution in [0, 0.1) is 0 Å². The van der Waals surface area contributed by atoms with Crippen LogP contribution >= 0.6 is 11.3 Å². The van der Waals surface area contributed by atoms with Crippen LogP contribution in [0.25, 0.3) is 22.8 Å². The Labute approximate surface area is 159 Å². The second-order valence-electron chi connectivity index (χ2n) is 5.66. The molecule has 0 atom stereocenters. The number of carbonyl (C=O) groups excluding carboxylic acids is 1. The van der Waals surface area contributed by atoms with Crippen molar-refractivity contribution in [2.24, 2.45) is 0 Å². The van der Waals surface area contributed by atoms with Gasteiger partial charge >= 0.3 is 0 Å². The van der Waals surface area contributed by atoms with Crippen LogP contribution in [0.5, 0.6) is 5.75 Å². The summed E-state index contributed by atoms with van der Waals surface area (Å²) in [4.78, 5) is 17.2. The number of ether oxygens (including phenoxy) is 1. The molecule has 2 aromatic heterocycles. The van der Waals surface area contributed by atoms with Gasteiger partial charge in [-0.25, -0.2) is 0 Å². The van der Waals surface area contributed by atoms with Gasteiger partial charge in [0.05, 0.1) is 12.0 Å². The maximum Gasteiger partial charge on any atom is 0.265 e.